The summed E-state index contributed by atoms with van der Waals surface area (Å²) in [6.07, 6.45) is 0. The highest BCUT2D eigenvalue weighted by molar-refractivity contribution is 6.11. The Labute approximate surface area is 201 Å². The van der Waals surface area contributed by atoms with Crippen molar-refractivity contribution in [3.05, 3.63) is 93.5 Å². The van der Waals surface area contributed by atoms with Crippen molar-refractivity contribution in [2.75, 3.05) is 5.32 Å². The Morgan fingerprint density at radius 1 is 1.03 bits per heavy atom. The van der Waals surface area contributed by atoms with E-state index in [-0.39, 0.29) is 40.7 Å². The summed E-state index contributed by atoms with van der Waals surface area (Å²) in [6.45, 7) is 4.85. The number of hydrogen-bond donors (Lipinski definition) is 1. The molecule has 0 atom stereocenters. The van der Waals surface area contributed by atoms with Gasteiger partial charge in [0.05, 0.1) is 11.3 Å². The van der Waals surface area contributed by atoms with Gasteiger partial charge in [-0.15, -0.1) is 0 Å². The topological polar surface area (TPSA) is 118 Å². The molecule has 0 aliphatic heterocycles. The fourth-order valence-corrected chi connectivity index (χ4v) is 4.01. The number of nitrogens with zero attached hydrogens (tertiary/aromatic N) is 3. The highest BCUT2D eigenvalue weighted by Crippen LogP contribution is 2.33. The Balaban J connectivity index is 1.98. The summed E-state index contributed by atoms with van der Waals surface area (Å²) in [4.78, 5) is 39.1. The molecule has 0 unspecified atom stereocenters. The second kappa shape index (κ2) is 9.61. The SMILES string of the molecule is CCn1nc(-c2ccccc2)c(-c2ccccc2)c(C(=O)Nc2oc(C)c(C(C)=O)c2C#N)c1=O. The molecule has 2 aromatic carbocycles. The number of nitrogens with one attached hydrogen (secondary N) is 1. The van der Waals surface area contributed by atoms with Gasteiger partial charge < -0.3 is 4.42 Å². The predicted octanol–water partition coefficient (Wildman–Crippen LogP) is 4.83. The van der Waals surface area contributed by atoms with Crippen LogP contribution in [0.3, 0.4) is 0 Å². The van der Waals surface area contributed by atoms with Crippen molar-refractivity contribution >= 4 is 17.6 Å². The minimum atomic E-state index is -0.768. The molecule has 0 spiro atoms. The maximum Gasteiger partial charge on any atom is 0.280 e. The van der Waals surface area contributed by atoms with Gasteiger partial charge in [-0.05, 0) is 26.3 Å². The Morgan fingerprint density at radius 3 is 2.17 bits per heavy atom. The highest BCUT2D eigenvalue weighted by Gasteiger charge is 2.28. The van der Waals surface area contributed by atoms with Crippen molar-refractivity contribution in [2.24, 2.45) is 0 Å². The minimum Gasteiger partial charge on any atom is -0.443 e. The number of benzene rings is 2. The van der Waals surface area contributed by atoms with Crippen molar-refractivity contribution < 1.29 is 14.0 Å². The van der Waals surface area contributed by atoms with Gasteiger partial charge in [-0.1, -0.05) is 60.7 Å². The molecule has 1 amide bonds. The first-order chi connectivity index (χ1) is 16.9. The zero-order chi connectivity index (χ0) is 25.1. The van der Waals surface area contributed by atoms with Crippen molar-refractivity contribution in [3.8, 4) is 28.5 Å². The van der Waals surface area contributed by atoms with E-state index < -0.39 is 11.5 Å². The number of anilines is 1. The van der Waals surface area contributed by atoms with Gasteiger partial charge >= 0.3 is 0 Å². The summed E-state index contributed by atoms with van der Waals surface area (Å²) in [5.74, 6) is -1.11. The lowest BCUT2D eigenvalue weighted by Crippen LogP contribution is -2.32. The second-order valence-electron chi connectivity index (χ2n) is 7.81. The quantitative estimate of drug-likeness (QED) is 0.407. The van der Waals surface area contributed by atoms with E-state index in [0.29, 0.717) is 16.8 Å². The standard InChI is InChI=1S/C27H22N4O4/c1-4-31-27(34)23(25(33)29-26-20(15-28)21(16(2)32)17(3)35-26)22(18-11-7-5-8-12-18)24(30-31)19-13-9-6-10-14-19/h5-14H,4H2,1-3H3,(H,29,33). The number of rotatable bonds is 6. The third kappa shape index (κ3) is 4.27. The summed E-state index contributed by atoms with van der Waals surface area (Å²) in [5.41, 5.74) is 1.46. The predicted molar refractivity (Wildman–Crippen MR) is 131 cm³/mol. The van der Waals surface area contributed by atoms with E-state index in [9.17, 15) is 19.6 Å². The summed E-state index contributed by atoms with van der Waals surface area (Å²) in [7, 11) is 0. The van der Waals surface area contributed by atoms with E-state index in [1.807, 2.05) is 42.5 Å². The summed E-state index contributed by atoms with van der Waals surface area (Å²) >= 11 is 0. The largest absolute Gasteiger partial charge is 0.443 e. The van der Waals surface area contributed by atoms with E-state index in [2.05, 4.69) is 10.4 Å². The molecule has 174 valence electrons. The van der Waals surface area contributed by atoms with Crippen molar-refractivity contribution in [2.45, 2.75) is 27.3 Å². The van der Waals surface area contributed by atoms with Crippen molar-refractivity contribution in [1.29, 1.82) is 5.26 Å². The van der Waals surface area contributed by atoms with E-state index in [0.717, 1.165) is 5.56 Å². The molecule has 1 N–H and O–H groups in total. The molecule has 0 fully saturated rings. The van der Waals surface area contributed by atoms with Crippen LogP contribution in [-0.2, 0) is 6.54 Å². The Bertz CT molecular complexity index is 1530. The number of furan rings is 1. The number of amides is 1. The normalized spacial score (nSPS) is 10.6. The molecule has 0 aliphatic carbocycles. The molecule has 4 aromatic rings. The Kier molecular flexibility index (Phi) is 6.42. The fourth-order valence-electron chi connectivity index (χ4n) is 4.01. The first kappa shape index (κ1) is 23.4. The Morgan fingerprint density at radius 2 is 1.63 bits per heavy atom. The van der Waals surface area contributed by atoms with E-state index in [4.69, 9.17) is 4.42 Å². The van der Waals surface area contributed by atoms with E-state index >= 15 is 0 Å². The second-order valence-corrected chi connectivity index (χ2v) is 7.81. The summed E-state index contributed by atoms with van der Waals surface area (Å²) in [6, 6.07) is 20.2. The lowest BCUT2D eigenvalue weighted by Gasteiger charge is -2.16. The lowest BCUT2D eigenvalue weighted by atomic mass is 9.95. The summed E-state index contributed by atoms with van der Waals surface area (Å²) < 4.78 is 6.77. The number of nitriles is 1. The van der Waals surface area contributed by atoms with Crippen LogP contribution >= 0.6 is 0 Å². The van der Waals surface area contributed by atoms with Gasteiger partial charge in [0, 0.05) is 17.7 Å². The number of ketones is 1. The number of Topliss-reactive ketones (excluding diaryl/α,β-unsaturated/α-hetero) is 1. The third-order valence-corrected chi connectivity index (χ3v) is 5.57. The molecule has 8 nitrogen and oxygen atoms in total. The van der Waals surface area contributed by atoms with Gasteiger partial charge in [0.15, 0.2) is 5.78 Å². The van der Waals surface area contributed by atoms with Crippen LogP contribution in [0.2, 0.25) is 0 Å². The number of carbonyl (C=O) groups excluding carboxylic acids is 2. The molecule has 8 heteroatoms. The van der Waals surface area contributed by atoms with Crippen LogP contribution in [0.25, 0.3) is 22.4 Å². The zero-order valence-corrected chi connectivity index (χ0v) is 19.5. The lowest BCUT2D eigenvalue weighted by molar-refractivity contribution is 0.101. The highest BCUT2D eigenvalue weighted by atomic mass is 16.4. The maximum absolute atomic E-state index is 13.6. The van der Waals surface area contributed by atoms with Crippen LogP contribution in [0.4, 0.5) is 5.88 Å². The van der Waals surface area contributed by atoms with Gasteiger partial charge in [0.1, 0.15) is 23.0 Å². The van der Waals surface area contributed by atoms with Crippen LogP contribution in [0, 0.1) is 18.3 Å². The van der Waals surface area contributed by atoms with Crippen molar-refractivity contribution in [3.63, 3.8) is 0 Å². The molecule has 4 rings (SSSR count). The van der Waals surface area contributed by atoms with Crippen LogP contribution in [0.5, 0.6) is 0 Å². The maximum atomic E-state index is 13.6. The van der Waals surface area contributed by atoms with Gasteiger partial charge in [0.2, 0.25) is 5.88 Å². The Hall–Kier alpha value is -4.77. The monoisotopic (exact) mass is 466 g/mol. The van der Waals surface area contributed by atoms with Gasteiger partial charge in [-0.25, -0.2) is 4.68 Å². The van der Waals surface area contributed by atoms with Crippen LogP contribution in [-0.4, -0.2) is 21.5 Å². The number of carbonyl (C=O) groups is 2. The average Bonchev–Trinajstić information content (AvgIpc) is 3.19. The fraction of sp³-hybridized carbons (Fsp3) is 0.148. The molecular formula is C27H22N4O4. The molecule has 2 heterocycles. The van der Waals surface area contributed by atoms with Gasteiger partial charge in [0.25, 0.3) is 11.5 Å². The molecule has 0 radical (unpaired) electrons. The van der Waals surface area contributed by atoms with Crippen LogP contribution in [0.15, 0.2) is 69.9 Å². The molecule has 35 heavy (non-hydrogen) atoms. The van der Waals surface area contributed by atoms with Crippen molar-refractivity contribution in [1.82, 2.24) is 9.78 Å². The van der Waals surface area contributed by atoms with E-state index in [1.54, 1.807) is 31.2 Å². The zero-order valence-electron chi connectivity index (χ0n) is 19.5. The number of aromatic nitrogens is 2. The molecule has 0 aliphatic rings. The smallest absolute Gasteiger partial charge is 0.280 e. The number of aryl methyl sites for hydroxylation is 2. The first-order valence-electron chi connectivity index (χ1n) is 11.0. The average molecular weight is 466 g/mol. The van der Waals surface area contributed by atoms with Gasteiger partial charge in [-0.2, -0.15) is 10.4 Å². The van der Waals surface area contributed by atoms with Crippen LogP contribution < -0.4 is 10.9 Å². The summed E-state index contributed by atoms with van der Waals surface area (Å²) in [5, 5.41) is 16.7. The first-order valence-corrected chi connectivity index (χ1v) is 11.0. The molecule has 0 saturated carbocycles. The van der Waals surface area contributed by atoms with E-state index in [1.165, 1.54) is 18.5 Å². The molecular weight excluding hydrogens is 444 g/mol. The molecule has 0 saturated heterocycles. The minimum absolute atomic E-state index is 0.0854. The molecule has 0 bridgehead atoms. The third-order valence-electron chi connectivity index (χ3n) is 5.57. The number of hydrogen-bond acceptors (Lipinski definition) is 6. The van der Waals surface area contributed by atoms with Gasteiger partial charge in [-0.3, -0.25) is 19.7 Å². The molecule has 2 aromatic heterocycles. The van der Waals surface area contributed by atoms with Crippen LogP contribution in [0.1, 0.15) is 45.9 Å².